The lowest BCUT2D eigenvalue weighted by Crippen LogP contribution is -1.91. The quantitative estimate of drug-likeness (QED) is 0.716. The third-order valence-electron chi connectivity index (χ3n) is 3.43. The summed E-state index contributed by atoms with van der Waals surface area (Å²) in [5, 5.41) is 3.13. The highest BCUT2D eigenvalue weighted by Crippen LogP contribution is 2.23. The fourth-order valence-corrected chi connectivity index (χ4v) is 2.16. The number of aromatic nitrogens is 2. The van der Waals surface area contributed by atoms with Crippen molar-refractivity contribution in [2.45, 2.75) is 13.3 Å². The van der Waals surface area contributed by atoms with Gasteiger partial charge in [0.25, 0.3) is 0 Å². The highest BCUT2D eigenvalue weighted by Gasteiger charge is 2.05. The zero-order valence-corrected chi connectivity index (χ0v) is 11.8. The number of halogens is 1. The molecule has 0 bridgehead atoms. The van der Waals surface area contributed by atoms with Crippen LogP contribution in [-0.2, 0) is 0 Å². The number of H-pyrrole nitrogens is 1. The van der Waals surface area contributed by atoms with Crippen LogP contribution in [0.2, 0.25) is 0 Å². The molecule has 0 aliphatic rings. The first kappa shape index (κ1) is 13.4. The molecule has 0 radical (unpaired) electrons. The average Bonchev–Trinajstić information content (AvgIpc) is 2.90. The Morgan fingerprint density at radius 2 is 2.00 bits per heavy atom. The summed E-state index contributed by atoms with van der Waals surface area (Å²) in [5.41, 5.74) is 4.81. The molecule has 2 N–H and O–H groups in total. The van der Waals surface area contributed by atoms with E-state index in [1.807, 2.05) is 18.2 Å². The predicted octanol–water partition coefficient (Wildman–Crippen LogP) is 4.87. The normalized spacial score (nSPS) is 10.8. The van der Waals surface area contributed by atoms with Gasteiger partial charge in [0.1, 0.15) is 5.82 Å². The van der Waals surface area contributed by atoms with Crippen LogP contribution in [0.4, 0.5) is 16.0 Å². The lowest BCUT2D eigenvalue weighted by molar-refractivity contribution is 0.628. The lowest BCUT2D eigenvalue weighted by atomic mass is 10.1. The molecule has 0 atom stereocenters. The first-order valence-corrected chi connectivity index (χ1v) is 6.86. The zero-order valence-electron chi connectivity index (χ0n) is 11.8. The van der Waals surface area contributed by atoms with Gasteiger partial charge >= 0.3 is 0 Å². The molecule has 106 valence electrons. The number of rotatable bonds is 4. The maximum atomic E-state index is 12.9. The van der Waals surface area contributed by atoms with Gasteiger partial charge in [-0.1, -0.05) is 19.6 Å². The largest absolute Gasteiger partial charge is 0.326 e. The van der Waals surface area contributed by atoms with Gasteiger partial charge in [-0.25, -0.2) is 9.37 Å². The standard InChI is InChI=1S/C17H16FN3/c1-3-11(2)12-4-9-15-16(10-12)21-17(20-15)19-14-7-5-13(18)6-8-14/h4-10H,2-3H2,1H3,(H2,19,20,21). The number of nitrogens with one attached hydrogen (secondary N) is 2. The number of hydrogen-bond donors (Lipinski definition) is 2. The Hall–Kier alpha value is -2.62. The van der Waals surface area contributed by atoms with Crippen molar-refractivity contribution in [2.75, 3.05) is 5.32 Å². The monoisotopic (exact) mass is 281 g/mol. The van der Waals surface area contributed by atoms with E-state index in [1.54, 1.807) is 12.1 Å². The summed E-state index contributed by atoms with van der Waals surface area (Å²) in [4.78, 5) is 7.70. The second-order valence-corrected chi connectivity index (χ2v) is 4.91. The van der Waals surface area contributed by atoms with Crippen LogP contribution in [0.15, 0.2) is 49.0 Å². The number of benzene rings is 2. The van der Waals surface area contributed by atoms with Gasteiger partial charge < -0.3 is 10.3 Å². The van der Waals surface area contributed by atoms with Crippen LogP contribution in [0.25, 0.3) is 16.6 Å². The molecule has 0 spiro atoms. The van der Waals surface area contributed by atoms with E-state index in [0.29, 0.717) is 5.95 Å². The number of aromatic amines is 1. The molecule has 0 fully saturated rings. The van der Waals surface area contributed by atoms with Crippen molar-refractivity contribution in [3.8, 4) is 0 Å². The molecule has 3 nitrogen and oxygen atoms in total. The van der Waals surface area contributed by atoms with Crippen LogP contribution in [0, 0.1) is 5.82 Å². The maximum absolute atomic E-state index is 12.9. The fraction of sp³-hybridized carbons (Fsp3) is 0.118. The fourth-order valence-electron chi connectivity index (χ4n) is 2.16. The molecule has 0 amide bonds. The summed E-state index contributed by atoms with van der Waals surface area (Å²) in [6.45, 7) is 6.13. The molecule has 1 aromatic heterocycles. The molecule has 4 heteroatoms. The minimum Gasteiger partial charge on any atom is -0.326 e. The summed E-state index contributed by atoms with van der Waals surface area (Å²) in [5.74, 6) is 0.378. The molecule has 3 rings (SSSR count). The average molecular weight is 281 g/mol. The van der Waals surface area contributed by atoms with Gasteiger partial charge in [-0.15, -0.1) is 0 Å². The number of nitrogens with zero attached hydrogens (tertiary/aromatic N) is 1. The Morgan fingerprint density at radius 3 is 2.71 bits per heavy atom. The highest BCUT2D eigenvalue weighted by molar-refractivity contribution is 5.82. The SMILES string of the molecule is C=C(CC)c1ccc2[nH]c(Nc3ccc(F)cc3)nc2c1. The van der Waals surface area contributed by atoms with E-state index in [2.05, 4.69) is 28.8 Å². The summed E-state index contributed by atoms with van der Waals surface area (Å²) in [7, 11) is 0. The number of fused-ring (bicyclic) bond motifs is 1. The van der Waals surface area contributed by atoms with Gasteiger partial charge in [-0.05, 0) is 54.0 Å². The third-order valence-corrected chi connectivity index (χ3v) is 3.43. The zero-order chi connectivity index (χ0) is 14.8. The van der Waals surface area contributed by atoms with Crippen LogP contribution >= 0.6 is 0 Å². The molecule has 0 unspecified atom stereocenters. The van der Waals surface area contributed by atoms with Crippen LogP contribution in [0.1, 0.15) is 18.9 Å². The second kappa shape index (κ2) is 5.40. The highest BCUT2D eigenvalue weighted by atomic mass is 19.1. The first-order valence-electron chi connectivity index (χ1n) is 6.86. The van der Waals surface area contributed by atoms with Crippen molar-refractivity contribution in [1.29, 1.82) is 0 Å². The van der Waals surface area contributed by atoms with E-state index in [4.69, 9.17) is 0 Å². The minimum absolute atomic E-state index is 0.257. The van der Waals surface area contributed by atoms with Gasteiger partial charge in [0, 0.05) is 5.69 Å². The van der Waals surface area contributed by atoms with Crippen molar-refractivity contribution in [1.82, 2.24) is 9.97 Å². The van der Waals surface area contributed by atoms with Crippen LogP contribution in [-0.4, -0.2) is 9.97 Å². The Balaban J connectivity index is 1.90. The van der Waals surface area contributed by atoms with Crippen LogP contribution in [0.5, 0.6) is 0 Å². The maximum Gasteiger partial charge on any atom is 0.205 e. The molecule has 0 aliphatic heterocycles. The number of imidazole rings is 1. The Kier molecular flexibility index (Phi) is 3.44. The molecule has 21 heavy (non-hydrogen) atoms. The van der Waals surface area contributed by atoms with E-state index in [-0.39, 0.29) is 5.82 Å². The molecular weight excluding hydrogens is 265 g/mol. The van der Waals surface area contributed by atoms with Gasteiger partial charge in [0.05, 0.1) is 11.0 Å². The van der Waals surface area contributed by atoms with Crippen LogP contribution in [0.3, 0.4) is 0 Å². The summed E-state index contributed by atoms with van der Waals surface area (Å²) < 4.78 is 12.9. The Morgan fingerprint density at radius 1 is 1.24 bits per heavy atom. The van der Waals surface area contributed by atoms with E-state index in [9.17, 15) is 4.39 Å². The van der Waals surface area contributed by atoms with E-state index in [1.165, 1.54) is 12.1 Å². The molecule has 1 heterocycles. The molecule has 3 aromatic rings. The molecule has 0 saturated carbocycles. The van der Waals surface area contributed by atoms with Crippen molar-refractivity contribution >= 4 is 28.2 Å². The molecular formula is C17H16FN3. The topological polar surface area (TPSA) is 40.7 Å². The Bertz CT molecular complexity index is 787. The van der Waals surface area contributed by atoms with Crippen molar-refractivity contribution in [3.63, 3.8) is 0 Å². The summed E-state index contributed by atoms with van der Waals surface area (Å²) in [6.07, 6.45) is 0.913. The summed E-state index contributed by atoms with van der Waals surface area (Å²) in [6, 6.07) is 12.2. The van der Waals surface area contributed by atoms with Crippen LogP contribution < -0.4 is 5.32 Å². The van der Waals surface area contributed by atoms with Gasteiger partial charge in [0.2, 0.25) is 5.95 Å². The summed E-state index contributed by atoms with van der Waals surface area (Å²) >= 11 is 0. The van der Waals surface area contributed by atoms with E-state index >= 15 is 0 Å². The molecule has 0 aliphatic carbocycles. The number of allylic oxidation sites excluding steroid dienone is 1. The second-order valence-electron chi connectivity index (χ2n) is 4.91. The van der Waals surface area contributed by atoms with Gasteiger partial charge in [-0.3, -0.25) is 0 Å². The molecule has 2 aromatic carbocycles. The number of hydrogen-bond acceptors (Lipinski definition) is 2. The smallest absolute Gasteiger partial charge is 0.205 e. The van der Waals surface area contributed by atoms with Crippen molar-refractivity contribution < 1.29 is 4.39 Å². The predicted molar refractivity (Wildman–Crippen MR) is 85.1 cm³/mol. The lowest BCUT2D eigenvalue weighted by Gasteiger charge is -2.01. The van der Waals surface area contributed by atoms with Gasteiger partial charge in [0.15, 0.2) is 0 Å². The van der Waals surface area contributed by atoms with E-state index in [0.717, 1.165) is 34.3 Å². The van der Waals surface area contributed by atoms with Crippen molar-refractivity contribution in [3.05, 3.63) is 60.4 Å². The first-order chi connectivity index (χ1) is 10.2. The number of anilines is 2. The third kappa shape index (κ3) is 2.79. The minimum atomic E-state index is -0.257. The van der Waals surface area contributed by atoms with E-state index < -0.39 is 0 Å². The Labute approximate surface area is 122 Å². The molecule has 0 saturated heterocycles. The van der Waals surface area contributed by atoms with Crippen molar-refractivity contribution in [2.24, 2.45) is 0 Å². The van der Waals surface area contributed by atoms with Gasteiger partial charge in [-0.2, -0.15) is 0 Å².